The third-order valence-corrected chi connectivity index (χ3v) is 5.97. The molecule has 114 valence electrons. The van der Waals surface area contributed by atoms with E-state index in [0.717, 1.165) is 47.8 Å². The zero-order valence-corrected chi connectivity index (χ0v) is 14.8. The first-order chi connectivity index (χ1) is 9.36. The van der Waals surface area contributed by atoms with Gasteiger partial charge in [-0.05, 0) is 67.3 Å². The molecule has 0 radical (unpaired) electrons. The quantitative estimate of drug-likeness (QED) is 0.897. The molecule has 3 nitrogen and oxygen atoms in total. The first-order valence-electron chi connectivity index (χ1n) is 7.87. The van der Waals surface area contributed by atoms with Gasteiger partial charge in [0.2, 0.25) is 0 Å². The van der Waals surface area contributed by atoms with Crippen molar-refractivity contribution in [1.82, 2.24) is 9.78 Å². The average Bonchev–Trinajstić information content (AvgIpc) is 2.66. The molecule has 1 aromatic heterocycles. The number of nitrogens with zero attached hydrogens (tertiary/aromatic N) is 2. The summed E-state index contributed by atoms with van der Waals surface area (Å²) in [6.45, 7) is 9.77. The molecule has 0 aromatic carbocycles. The lowest BCUT2D eigenvalue weighted by Crippen LogP contribution is -2.46. The van der Waals surface area contributed by atoms with Gasteiger partial charge in [0.25, 0.3) is 0 Å². The predicted octanol–water partition coefficient (Wildman–Crippen LogP) is 4.06. The molecule has 0 saturated heterocycles. The maximum Gasteiger partial charge on any atom is 0.0738 e. The lowest BCUT2D eigenvalue weighted by atomic mass is 9.71. The molecular weight excluding hydrogens is 314 g/mol. The Balaban J connectivity index is 2.10. The molecule has 1 aromatic rings. The zero-order valence-electron chi connectivity index (χ0n) is 13.2. The Morgan fingerprint density at radius 2 is 2.00 bits per heavy atom. The SMILES string of the molecule is CCn1nc(C)c(Br)c1CC1(N)CCC(C(C)C)CC1. The van der Waals surface area contributed by atoms with Gasteiger partial charge in [-0.15, -0.1) is 0 Å². The fourth-order valence-corrected chi connectivity index (χ4v) is 3.85. The van der Waals surface area contributed by atoms with Crippen molar-refractivity contribution in [2.24, 2.45) is 17.6 Å². The van der Waals surface area contributed by atoms with Crippen molar-refractivity contribution < 1.29 is 0 Å². The van der Waals surface area contributed by atoms with E-state index in [9.17, 15) is 0 Å². The summed E-state index contributed by atoms with van der Waals surface area (Å²) in [6, 6.07) is 0. The van der Waals surface area contributed by atoms with E-state index in [0.29, 0.717) is 0 Å². The summed E-state index contributed by atoms with van der Waals surface area (Å²) in [7, 11) is 0. The van der Waals surface area contributed by atoms with Crippen LogP contribution in [0.3, 0.4) is 0 Å². The van der Waals surface area contributed by atoms with Gasteiger partial charge in [0.15, 0.2) is 0 Å². The predicted molar refractivity (Wildman–Crippen MR) is 87.8 cm³/mol. The van der Waals surface area contributed by atoms with Gasteiger partial charge in [0, 0.05) is 18.5 Å². The summed E-state index contributed by atoms with van der Waals surface area (Å²) in [5.74, 6) is 1.64. The number of nitrogens with two attached hydrogens (primary N) is 1. The first kappa shape index (κ1) is 16.0. The smallest absolute Gasteiger partial charge is 0.0738 e. The Morgan fingerprint density at radius 1 is 1.40 bits per heavy atom. The second-order valence-corrected chi connectivity index (χ2v) is 7.58. The number of rotatable bonds is 4. The van der Waals surface area contributed by atoms with E-state index in [4.69, 9.17) is 5.73 Å². The molecule has 1 fully saturated rings. The molecule has 2 rings (SSSR count). The maximum atomic E-state index is 6.69. The van der Waals surface area contributed by atoms with E-state index < -0.39 is 0 Å². The molecule has 1 saturated carbocycles. The monoisotopic (exact) mass is 341 g/mol. The average molecular weight is 342 g/mol. The van der Waals surface area contributed by atoms with Crippen molar-refractivity contribution in [3.63, 3.8) is 0 Å². The van der Waals surface area contributed by atoms with Crippen LogP contribution >= 0.6 is 15.9 Å². The van der Waals surface area contributed by atoms with Crippen LogP contribution in [0.4, 0.5) is 0 Å². The van der Waals surface area contributed by atoms with Gasteiger partial charge in [-0.25, -0.2) is 0 Å². The molecule has 0 bridgehead atoms. The van der Waals surface area contributed by atoms with Crippen molar-refractivity contribution in [2.45, 2.75) is 71.9 Å². The molecule has 1 heterocycles. The highest BCUT2D eigenvalue weighted by molar-refractivity contribution is 9.10. The first-order valence-corrected chi connectivity index (χ1v) is 8.66. The van der Waals surface area contributed by atoms with Gasteiger partial charge in [-0.2, -0.15) is 5.10 Å². The summed E-state index contributed by atoms with van der Waals surface area (Å²) in [4.78, 5) is 0. The minimum absolute atomic E-state index is 0.0483. The van der Waals surface area contributed by atoms with Crippen molar-refractivity contribution >= 4 is 15.9 Å². The van der Waals surface area contributed by atoms with Crippen LogP contribution in [-0.4, -0.2) is 15.3 Å². The minimum atomic E-state index is -0.0483. The van der Waals surface area contributed by atoms with Crippen LogP contribution < -0.4 is 5.73 Å². The normalized spacial score (nSPS) is 27.2. The molecule has 0 spiro atoms. The maximum absolute atomic E-state index is 6.69. The molecule has 1 aliphatic rings. The third kappa shape index (κ3) is 3.28. The van der Waals surface area contributed by atoms with Crippen LogP contribution in [0.25, 0.3) is 0 Å². The molecule has 4 heteroatoms. The van der Waals surface area contributed by atoms with Crippen LogP contribution in [-0.2, 0) is 13.0 Å². The van der Waals surface area contributed by atoms with Gasteiger partial charge in [0.05, 0.1) is 15.9 Å². The van der Waals surface area contributed by atoms with Crippen LogP contribution in [0.5, 0.6) is 0 Å². The number of hydrogen-bond donors (Lipinski definition) is 1. The van der Waals surface area contributed by atoms with E-state index in [1.165, 1.54) is 18.5 Å². The highest BCUT2D eigenvalue weighted by atomic mass is 79.9. The van der Waals surface area contributed by atoms with Gasteiger partial charge >= 0.3 is 0 Å². The number of halogens is 1. The van der Waals surface area contributed by atoms with Gasteiger partial charge in [-0.3, -0.25) is 4.68 Å². The van der Waals surface area contributed by atoms with Crippen molar-refractivity contribution in [3.8, 4) is 0 Å². The molecule has 1 aliphatic carbocycles. The summed E-state index contributed by atoms with van der Waals surface area (Å²) in [6.07, 6.45) is 5.75. The second kappa shape index (κ2) is 6.18. The number of hydrogen-bond acceptors (Lipinski definition) is 2. The third-order valence-electron chi connectivity index (χ3n) is 4.94. The van der Waals surface area contributed by atoms with Crippen LogP contribution in [0, 0.1) is 18.8 Å². The molecule has 0 amide bonds. The Morgan fingerprint density at radius 3 is 2.50 bits per heavy atom. The Bertz CT molecular complexity index is 457. The van der Waals surface area contributed by atoms with E-state index in [2.05, 4.69) is 53.4 Å². The molecule has 2 N–H and O–H groups in total. The summed E-state index contributed by atoms with van der Waals surface area (Å²) in [5, 5.41) is 4.58. The fraction of sp³-hybridized carbons (Fsp3) is 0.812. The zero-order chi connectivity index (χ0) is 14.9. The van der Waals surface area contributed by atoms with E-state index in [1.54, 1.807) is 0 Å². The fourth-order valence-electron chi connectivity index (χ4n) is 3.43. The highest BCUT2D eigenvalue weighted by Gasteiger charge is 2.34. The second-order valence-electron chi connectivity index (χ2n) is 6.78. The van der Waals surface area contributed by atoms with Crippen molar-refractivity contribution in [3.05, 3.63) is 15.9 Å². The topological polar surface area (TPSA) is 43.8 Å². The molecule has 0 unspecified atom stereocenters. The standard InChI is InChI=1S/C16H28BrN3/c1-5-20-14(15(17)12(4)19-20)10-16(18)8-6-13(7-9-16)11(2)3/h11,13H,5-10,18H2,1-4H3. The Labute approximate surface area is 131 Å². The molecule has 0 aliphatic heterocycles. The van der Waals surface area contributed by atoms with Crippen LogP contribution in [0.2, 0.25) is 0 Å². The number of aryl methyl sites for hydroxylation is 2. The largest absolute Gasteiger partial charge is 0.325 e. The minimum Gasteiger partial charge on any atom is -0.325 e. The lowest BCUT2D eigenvalue weighted by molar-refractivity contribution is 0.192. The summed E-state index contributed by atoms with van der Waals surface area (Å²) < 4.78 is 3.25. The van der Waals surface area contributed by atoms with Crippen molar-refractivity contribution in [1.29, 1.82) is 0 Å². The van der Waals surface area contributed by atoms with E-state index >= 15 is 0 Å². The highest BCUT2D eigenvalue weighted by Crippen LogP contribution is 2.37. The Hall–Kier alpha value is -0.350. The lowest BCUT2D eigenvalue weighted by Gasteiger charge is -2.38. The van der Waals surface area contributed by atoms with E-state index in [1.807, 2.05) is 0 Å². The van der Waals surface area contributed by atoms with Crippen molar-refractivity contribution in [2.75, 3.05) is 0 Å². The molecule has 20 heavy (non-hydrogen) atoms. The van der Waals surface area contributed by atoms with Crippen LogP contribution in [0.15, 0.2) is 4.47 Å². The molecular formula is C16H28BrN3. The van der Waals surface area contributed by atoms with Crippen LogP contribution in [0.1, 0.15) is 57.8 Å². The summed E-state index contributed by atoms with van der Waals surface area (Å²) >= 11 is 3.69. The van der Waals surface area contributed by atoms with Gasteiger partial charge < -0.3 is 5.73 Å². The van der Waals surface area contributed by atoms with Gasteiger partial charge in [-0.1, -0.05) is 13.8 Å². The Kier molecular flexibility index (Phi) is 4.96. The van der Waals surface area contributed by atoms with Gasteiger partial charge in [0.1, 0.15) is 0 Å². The van der Waals surface area contributed by atoms with E-state index in [-0.39, 0.29) is 5.54 Å². The number of aromatic nitrogens is 2. The summed E-state index contributed by atoms with van der Waals surface area (Å²) in [5.41, 5.74) is 8.99. The molecule has 0 atom stereocenters.